The van der Waals surface area contributed by atoms with Crippen molar-refractivity contribution in [3.63, 3.8) is 0 Å². The summed E-state index contributed by atoms with van der Waals surface area (Å²) in [7, 11) is 0. The van der Waals surface area contributed by atoms with Crippen molar-refractivity contribution in [2.75, 3.05) is 26.3 Å². The number of amides is 2. The van der Waals surface area contributed by atoms with Crippen molar-refractivity contribution in [2.24, 2.45) is 0 Å². The van der Waals surface area contributed by atoms with Crippen molar-refractivity contribution in [3.8, 4) is 0 Å². The van der Waals surface area contributed by atoms with Gasteiger partial charge in [0.15, 0.2) is 0 Å². The van der Waals surface area contributed by atoms with Crippen molar-refractivity contribution >= 4 is 6.03 Å². The van der Waals surface area contributed by atoms with Crippen LogP contribution in [-0.4, -0.2) is 37.3 Å². The van der Waals surface area contributed by atoms with Gasteiger partial charge in [-0.3, -0.25) is 5.43 Å². The number of rotatable bonds is 3. The first-order chi connectivity index (χ1) is 8.34. The van der Waals surface area contributed by atoms with Crippen LogP contribution in [0.15, 0.2) is 30.3 Å². The van der Waals surface area contributed by atoms with E-state index in [0.717, 1.165) is 18.7 Å². The van der Waals surface area contributed by atoms with Gasteiger partial charge in [-0.05, 0) is 5.56 Å². The number of nitrogens with one attached hydrogen (secondary N) is 2. The summed E-state index contributed by atoms with van der Waals surface area (Å²) in [6.45, 7) is 4.43. The molecule has 1 aromatic rings. The molecule has 1 radical (unpaired) electrons. The number of carbonyl (C=O) groups excluding carboxylic acids is 1. The highest BCUT2D eigenvalue weighted by Gasteiger charge is 2.12. The van der Waals surface area contributed by atoms with Crippen LogP contribution in [0.3, 0.4) is 0 Å². The SMILES string of the molecule is O=C(N[CH]c1ccccc1)NN1CCOCC1. The van der Waals surface area contributed by atoms with E-state index in [1.807, 2.05) is 35.3 Å². The summed E-state index contributed by atoms with van der Waals surface area (Å²) in [5, 5.41) is 4.53. The monoisotopic (exact) mass is 234 g/mol. The average molecular weight is 234 g/mol. The van der Waals surface area contributed by atoms with Crippen molar-refractivity contribution in [1.29, 1.82) is 0 Å². The lowest BCUT2D eigenvalue weighted by Crippen LogP contribution is -2.51. The van der Waals surface area contributed by atoms with Gasteiger partial charge >= 0.3 is 6.03 Å². The Balaban J connectivity index is 1.70. The minimum atomic E-state index is -0.226. The first kappa shape index (κ1) is 11.9. The van der Waals surface area contributed by atoms with Gasteiger partial charge in [-0.1, -0.05) is 30.3 Å². The summed E-state index contributed by atoms with van der Waals surface area (Å²) in [6.07, 6.45) is 0. The largest absolute Gasteiger partial charge is 0.379 e. The summed E-state index contributed by atoms with van der Waals surface area (Å²) in [4.78, 5) is 11.5. The van der Waals surface area contributed by atoms with E-state index in [2.05, 4.69) is 10.7 Å². The Morgan fingerprint density at radius 1 is 1.24 bits per heavy atom. The molecule has 0 spiro atoms. The fraction of sp³-hybridized carbons (Fsp3) is 0.333. The van der Waals surface area contributed by atoms with Gasteiger partial charge in [0.2, 0.25) is 0 Å². The van der Waals surface area contributed by atoms with Crippen LogP contribution in [0, 0.1) is 6.54 Å². The van der Waals surface area contributed by atoms with E-state index >= 15 is 0 Å². The number of ether oxygens (including phenoxy) is 1. The lowest BCUT2D eigenvalue weighted by Gasteiger charge is -2.26. The molecular weight excluding hydrogens is 218 g/mol. The van der Waals surface area contributed by atoms with Crippen LogP contribution in [-0.2, 0) is 4.74 Å². The van der Waals surface area contributed by atoms with Crippen molar-refractivity contribution in [2.45, 2.75) is 0 Å². The molecule has 1 aliphatic rings. The molecule has 1 aromatic carbocycles. The molecule has 0 atom stereocenters. The molecule has 1 heterocycles. The molecule has 2 amide bonds. The highest BCUT2D eigenvalue weighted by atomic mass is 16.5. The maximum absolute atomic E-state index is 11.5. The summed E-state index contributed by atoms with van der Waals surface area (Å²) in [6, 6.07) is 9.41. The Kier molecular flexibility index (Phi) is 4.35. The van der Waals surface area contributed by atoms with Gasteiger partial charge in [-0.25, -0.2) is 9.80 Å². The van der Waals surface area contributed by atoms with Crippen LogP contribution in [0.2, 0.25) is 0 Å². The zero-order valence-corrected chi connectivity index (χ0v) is 9.56. The summed E-state index contributed by atoms with van der Waals surface area (Å²) in [5.74, 6) is 0. The minimum Gasteiger partial charge on any atom is -0.379 e. The number of carbonyl (C=O) groups is 1. The molecule has 5 heteroatoms. The van der Waals surface area contributed by atoms with Crippen molar-refractivity contribution in [3.05, 3.63) is 42.4 Å². The second kappa shape index (κ2) is 6.22. The van der Waals surface area contributed by atoms with E-state index in [4.69, 9.17) is 4.74 Å². The molecule has 17 heavy (non-hydrogen) atoms. The highest BCUT2D eigenvalue weighted by molar-refractivity contribution is 5.74. The number of hydrazine groups is 1. The van der Waals surface area contributed by atoms with Crippen LogP contribution >= 0.6 is 0 Å². The molecule has 0 bridgehead atoms. The quantitative estimate of drug-likeness (QED) is 0.811. The lowest BCUT2D eigenvalue weighted by molar-refractivity contribution is 0.0197. The number of urea groups is 1. The molecule has 0 saturated carbocycles. The molecule has 1 fully saturated rings. The van der Waals surface area contributed by atoms with Crippen LogP contribution in [0.25, 0.3) is 0 Å². The summed E-state index contributed by atoms with van der Waals surface area (Å²) < 4.78 is 5.19. The second-order valence-corrected chi connectivity index (χ2v) is 3.74. The number of morpholine rings is 1. The van der Waals surface area contributed by atoms with Gasteiger partial charge in [0.05, 0.1) is 19.8 Å². The predicted molar refractivity (Wildman–Crippen MR) is 63.9 cm³/mol. The first-order valence-corrected chi connectivity index (χ1v) is 5.63. The minimum absolute atomic E-state index is 0.226. The Morgan fingerprint density at radius 2 is 1.94 bits per heavy atom. The van der Waals surface area contributed by atoms with E-state index in [1.165, 1.54) is 0 Å². The Labute approximate surface area is 101 Å². The highest BCUT2D eigenvalue weighted by Crippen LogP contribution is 1.99. The number of nitrogens with zero attached hydrogens (tertiary/aromatic N) is 1. The number of benzene rings is 1. The van der Waals surface area contributed by atoms with Gasteiger partial charge in [0.25, 0.3) is 0 Å². The predicted octanol–water partition coefficient (Wildman–Crippen LogP) is 0.743. The van der Waals surface area contributed by atoms with Crippen LogP contribution in [0.1, 0.15) is 5.56 Å². The average Bonchev–Trinajstić information content (AvgIpc) is 2.39. The standard InChI is InChI=1S/C12H16N3O2/c16-12(14-15-6-8-17-9-7-15)13-10-11-4-2-1-3-5-11/h1-5,10H,6-9H2,(H2,13,14,16). The van der Waals surface area contributed by atoms with E-state index < -0.39 is 0 Å². The zero-order chi connectivity index (χ0) is 11.9. The third kappa shape index (κ3) is 4.05. The Hall–Kier alpha value is -1.59. The van der Waals surface area contributed by atoms with Gasteiger partial charge < -0.3 is 10.1 Å². The third-order valence-electron chi connectivity index (χ3n) is 2.44. The van der Waals surface area contributed by atoms with E-state index in [1.54, 1.807) is 6.54 Å². The molecule has 1 saturated heterocycles. The van der Waals surface area contributed by atoms with Gasteiger partial charge in [-0.2, -0.15) is 0 Å². The van der Waals surface area contributed by atoms with E-state index in [0.29, 0.717) is 13.2 Å². The van der Waals surface area contributed by atoms with Crippen LogP contribution < -0.4 is 10.7 Å². The number of hydrogen-bond donors (Lipinski definition) is 2. The van der Waals surface area contributed by atoms with Crippen molar-refractivity contribution < 1.29 is 9.53 Å². The topological polar surface area (TPSA) is 53.6 Å². The number of hydrogen-bond acceptors (Lipinski definition) is 3. The van der Waals surface area contributed by atoms with Crippen LogP contribution in [0.5, 0.6) is 0 Å². The zero-order valence-electron chi connectivity index (χ0n) is 9.56. The maximum Gasteiger partial charge on any atom is 0.329 e. The Bertz CT molecular complexity index is 350. The normalized spacial score (nSPS) is 16.5. The molecule has 1 aliphatic heterocycles. The molecular formula is C12H16N3O2. The molecule has 0 unspecified atom stereocenters. The maximum atomic E-state index is 11.5. The van der Waals surface area contributed by atoms with Crippen molar-refractivity contribution in [1.82, 2.24) is 15.8 Å². The third-order valence-corrected chi connectivity index (χ3v) is 2.44. The molecule has 0 aliphatic carbocycles. The van der Waals surface area contributed by atoms with Gasteiger partial charge in [0, 0.05) is 13.1 Å². The Morgan fingerprint density at radius 3 is 2.65 bits per heavy atom. The second-order valence-electron chi connectivity index (χ2n) is 3.74. The smallest absolute Gasteiger partial charge is 0.329 e. The fourth-order valence-corrected chi connectivity index (χ4v) is 1.55. The fourth-order valence-electron chi connectivity index (χ4n) is 1.55. The summed E-state index contributed by atoms with van der Waals surface area (Å²) >= 11 is 0. The van der Waals surface area contributed by atoms with E-state index in [-0.39, 0.29) is 6.03 Å². The van der Waals surface area contributed by atoms with Gasteiger partial charge in [-0.15, -0.1) is 0 Å². The molecule has 0 aromatic heterocycles. The first-order valence-electron chi connectivity index (χ1n) is 5.63. The lowest BCUT2D eigenvalue weighted by atomic mass is 10.2. The summed E-state index contributed by atoms with van der Waals surface area (Å²) in [5.41, 5.74) is 3.72. The molecule has 5 nitrogen and oxygen atoms in total. The van der Waals surface area contributed by atoms with E-state index in [9.17, 15) is 4.79 Å². The van der Waals surface area contributed by atoms with Gasteiger partial charge in [0.1, 0.15) is 0 Å². The molecule has 2 rings (SSSR count). The molecule has 91 valence electrons. The molecule has 2 N–H and O–H groups in total. The van der Waals surface area contributed by atoms with Crippen LogP contribution in [0.4, 0.5) is 4.79 Å².